The molecule has 0 bridgehead atoms. The summed E-state index contributed by atoms with van der Waals surface area (Å²) in [6, 6.07) is 5.65. The third-order valence-electron chi connectivity index (χ3n) is 5.50. The quantitative estimate of drug-likeness (QED) is 0.844. The van der Waals surface area contributed by atoms with Gasteiger partial charge in [-0.3, -0.25) is 4.79 Å². The summed E-state index contributed by atoms with van der Waals surface area (Å²) in [6.07, 6.45) is 7.01. The first-order chi connectivity index (χ1) is 12.1. The molecule has 1 saturated carbocycles. The predicted molar refractivity (Wildman–Crippen MR) is 105 cm³/mol. The van der Waals surface area contributed by atoms with Crippen LogP contribution in [0.1, 0.15) is 55.8 Å². The van der Waals surface area contributed by atoms with Gasteiger partial charge in [0.1, 0.15) is 0 Å². The van der Waals surface area contributed by atoms with Crippen molar-refractivity contribution >= 4 is 18.3 Å². The van der Waals surface area contributed by atoms with Gasteiger partial charge < -0.3 is 20.1 Å². The number of benzene rings is 1. The summed E-state index contributed by atoms with van der Waals surface area (Å²) in [6.45, 7) is 3.56. The summed E-state index contributed by atoms with van der Waals surface area (Å²) in [4.78, 5) is 14.8. The van der Waals surface area contributed by atoms with Crippen molar-refractivity contribution in [1.82, 2.24) is 4.90 Å². The number of nitrogens with two attached hydrogens (primary N) is 1. The van der Waals surface area contributed by atoms with Crippen molar-refractivity contribution in [2.45, 2.75) is 57.6 Å². The average Bonchev–Trinajstić information content (AvgIpc) is 3.14. The molecule has 26 heavy (non-hydrogen) atoms. The Hall–Kier alpha value is -1.46. The number of halogens is 1. The van der Waals surface area contributed by atoms with E-state index in [0.717, 1.165) is 44.5 Å². The van der Waals surface area contributed by atoms with Gasteiger partial charge in [-0.25, -0.2) is 0 Å². The van der Waals surface area contributed by atoms with Crippen molar-refractivity contribution in [2.24, 2.45) is 11.7 Å². The van der Waals surface area contributed by atoms with Crippen molar-refractivity contribution in [3.8, 4) is 11.5 Å². The molecule has 1 heterocycles. The van der Waals surface area contributed by atoms with Crippen LogP contribution in [0.3, 0.4) is 0 Å². The fourth-order valence-electron chi connectivity index (χ4n) is 3.89. The lowest BCUT2D eigenvalue weighted by molar-refractivity contribution is 0.0660. The van der Waals surface area contributed by atoms with Crippen molar-refractivity contribution in [3.05, 3.63) is 23.8 Å². The number of carbonyl (C=O) groups is 1. The number of carbonyl (C=O) groups excluding carboxylic acids is 1. The number of hydrogen-bond acceptors (Lipinski definition) is 4. The minimum Gasteiger partial charge on any atom is -0.493 e. The van der Waals surface area contributed by atoms with Crippen molar-refractivity contribution < 1.29 is 14.3 Å². The van der Waals surface area contributed by atoms with Crippen LogP contribution in [0.2, 0.25) is 0 Å². The third-order valence-corrected chi connectivity index (χ3v) is 5.50. The topological polar surface area (TPSA) is 64.8 Å². The highest BCUT2D eigenvalue weighted by atomic mass is 35.5. The lowest BCUT2D eigenvalue weighted by atomic mass is 9.92. The van der Waals surface area contributed by atoms with Gasteiger partial charge in [0.15, 0.2) is 11.5 Å². The van der Waals surface area contributed by atoms with Gasteiger partial charge in [-0.15, -0.1) is 12.4 Å². The second-order valence-corrected chi connectivity index (χ2v) is 7.40. The Bertz CT molecular complexity index is 603. The molecule has 1 amide bonds. The van der Waals surface area contributed by atoms with Crippen LogP contribution >= 0.6 is 12.4 Å². The smallest absolute Gasteiger partial charge is 0.254 e. The van der Waals surface area contributed by atoms with E-state index in [-0.39, 0.29) is 30.5 Å². The maximum absolute atomic E-state index is 12.9. The highest BCUT2D eigenvalue weighted by Crippen LogP contribution is 2.33. The molecule has 0 aromatic heterocycles. The highest BCUT2D eigenvalue weighted by Gasteiger charge is 2.27. The van der Waals surface area contributed by atoms with Crippen LogP contribution in [0.5, 0.6) is 11.5 Å². The Balaban J connectivity index is 0.00000243. The van der Waals surface area contributed by atoms with Crippen molar-refractivity contribution in [1.29, 1.82) is 0 Å². The van der Waals surface area contributed by atoms with Crippen LogP contribution in [-0.4, -0.2) is 43.2 Å². The molecule has 6 heteroatoms. The van der Waals surface area contributed by atoms with Crippen molar-refractivity contribution in [3.63, 3.8) is 0 Å². The molecule has 1 aromatic rings. The van der Waals surface area contributed by atoms with Gasteiger partial charge in [0, 0.05) is 24.7 Å². The first-order valence-corrected chi connectivity index (χ1v) is 9.48. The molecule has 1 saturated heterocycles. The molecule has 2 N–H and O–H groups in total. The van der Waals surface area contributed by atoms with Gasteiger partial charge in [0.2, 0.25) is 0 Å². The van der Waals surface area contributed by atoms with E-state index in [1.165, 1.54) is 12.8 Å². The van der Waals surface area contributed by atoms with E-state index < -0.39 is 0 Å². The molecule has 2 atom stereocenters. The first-order valence-electron chi connectivity index (χ1n) is 9.48. The largest absolute Gasteiger partial charge is 0.493 e. The fourth-order valence-corrected chi connectivity index (χ4v) is 3.89. The molecular weight excluding hydrogens is 352 g/mol. The summed E-state index contributed by atoms with van der Waals surface area (Å²) in [7, 11) is 1.62. The minimum atomic E-state index is 0. The average molecular weight is 383 g/mol. The molecule has 1 aliphatic carbocycles. The van der Waals surface area contributed by atoms with Gasteiger partial charge in [-0.2, -0.15) is 0 Å². The van der Waals surface area contributed by atoms with Gasteiger partial charge in [-0.05, 0) is 69.6 Å². The fraction of sp³-hybridized carbons (Fsp3) is 0.650. The Morgan fingerprint density at radius 3 is 2.58 bits per heavy atom. The first kappa shape index (κ1) is 20.8. The van der Waals surface area contributed by atoms with Gasteiger partial charge in [-0.1, -0.05) is 0 Å². The van der Waals surface area contributed by atoms with Crippen LogP contribution < -0.4 is 15.2 Å². The van der Waals surface area contributed by atoms with Crippen molar-refractivity contribution in [2.75, 3.05) is 20.2 Å². The number of ether oxygens (including phenoxy) is 2. The number of piperidine rings is 1. The molecule has 2 unspecified atom stereocenters. The van der Waals surface area contributed by atoms with E-state index in [4.69, 9.17) is 15.2 Å². The Kier molecular flexibility index (Phi) is 7.59. The Morgan fingerprint density at radius 2 is 1.92 bits per heavy atom. The van der Waals surface area contributed by atoms with Gasteiger partial charge in [0.25, 0.3) is 5.91 Å². The van der Waals surface area contributed by atoms with Crippen LogP contribution in [0, 0.1) is 5.92 Å². The summed E-state index contributed by atoms with van der Waals surface area (Å²) in [5.74, 6) is 1.80. The Labute approximate surface area is 162 Å². The van der Waals surface area contributed by atoms with Crippen LogP contribution in [-0.2, 0) is 0 Å². The molecule has 2 aliphatic rings. The number of amides is 1. The highest BCUT2D eigenvalue weighted by molar-refractivity contribution is 5.95. The van der Waals surface area contributed by atoms with Gasteiger partial charge in [0.05, 0.1) is 13.2 Å². The molecule has 0 spiro atoms. The summed E-state index contributed by atoms with van der Waals surface area (Å²) < 4.78 is 11.5. The second kappa shape index (κ2) is 9.47. The summed E-state index contributed by atoms with van der Waals surface area (Å²) >= 11 is 0. The number of likely N-dealkylation sites (tertiary alicyclic amines) is 1. The van der Waals surface area contributed by atoms with Crippen LogP contribution in [0.15, 0.2) is 18.2 Å². The summed E-state index contributed by atoms with van der Waals surface area (Å²) in [5.41, 5.74) is 6.69. The second-order valence-electron chi connectivity index (χ2n) is 7.40. The third kappa shape index (κ3) is 4.83. The predicted octanol–water partition coefficient (Wildman–Crippen LogP) is 3.64. The molecule has 3 rings (SSSR count). The number of methoxy groups -OCH3 is 1. The number of rotatable bonds is 5. The van der Waals surface area contributed by atoms with E-state index in [0.29, 0.717) is 17.2 Å². The number of nitrogens with zero attached hydrogens (tertiary/aromatic N) is 1. The normalized spacial score (nSPS) is 21.8. The lowest BCUT2D eigenvalue weighted by Gasteiger charge is -2.34. The molecular formula is C20H31ClN2O3. The molecule has 1 aromatic carbocycles. The molecule has 2 fully saturated rings. The molecule has 5 nitrogen and oxygen atoms in total. The van der Waals surface area contributed by atoms with Crippen LogP contribution in [0.4, 0.5) is 0 Å². The van der Waals surface area contributed by atoms with Gasteiger partial charge >= 0.3 is 0 Å². The SMILES string of the molecule is COc1cc(C(=O)N2CCCC(C(C)N)C2)ccc1OC1CCCC1.Cl. The maximum atomic E-state index is 12.9. The van der Waals surface area contributed by atoms with E-state index >= 15 is 0 Å². The zero-order chi connectivity index (χ0) is 17.8. The van der Waals surface area contributed by atoms with E-state index in [1.807, 2.05) is 30.0 Å². The minimum absolute atomic E-state index is 0. The number of hydrogen-bond donors (Lipinski definition) is 1. The lowest BCUT2D eigenvalue weighted by Crippen LogP contribution is -2.45. The summed E-state index contributed by atoms with van der Waals surface area (Å²) in [5, 5.41) is 0. The molecule has 1 aliphatic heterocycles. The molecule has 146 valence electrons. The van der Waals surface area contributed by atoms with E-state index in [1.54, 1.807) is 7.11 Å². The maximum Gasteiger partial charge on any atom is 0.254 e. The standard InChI is InChI=1S/C20H30N2O3.ClH/c1-14(21)16-6-5-11-22(13-16)20(23)15-9-10-18(19(12-15)24-2)25-17-7-3-4-8-17;/h9-10,12,14,16-17H,3-8,11,13,21H2,1-2H3;1H. The van der Waals surface area contributed by atoms with E-state index in [2.05, 4.69) is 0 Å². The van der Waals surface area contributed by atoms with Crippen LogP contribution in [0.25, 0.3) is 0 Å². The van der Waals surface area contributed by atoms with E-state index in [9.17, 15) is 4.79 Å². The monoisotopic (exact) mass is 382 g/mol. The molecule has 0 radical (unpaired) electrons. The Morgan fingerprint density at radius 1 is 1.19 bits per heavy atom. The zero-order valence-corrected chi connectivity index (χ0v) is 16.6. The zero-order valence-electron chi connectivity index (χ0n) is 15.8.